The average molecular weight is 334 g/mol. The van der Waals surface area contributed by atoms with Crippen LogP contribution in [0.5, 0.6) is 5.75 Å². The van der Waals surface area contributed by atoms with Gasteiger partial charge in [0.05, 0.1) is 17.3 Å². The van der Waals surface area contributed by atoms with Crippen molar-refractivity contribution in [3.63, 3.8) is 0 Å². The molecule has 0 saturated heterocycles. The quantitative estimate of drug-likeness (QED) is 0.700. The Morgan fingerprint density at radius 3 is 2.86 bits per heavy atom. The minimum absolute atomic E-state index is 0.429. The van der Waals surface area contributed by atoms with Crippen molar-refractivity contribution in [3.05, 3.63) is 58.1 Å². The number of hydrogen-bond donors (Lipinski definition) is 0. The molecule has 1 unspecified atom stereocenters. The Morgan fingerprint density at radius 1 is 1.14 bits per heavy atom. The highest BCUT2D eigenvalue weighted by atomic mass is 35.5. The highest BCUT2D eigenvalue weighted by molar-refractivity contribution is 6.35. The van der Waals surface area contributed by atoms with Crippen LogP contribution in [0, 0.1) is 5.92 Å². The molecule has 2 aromatic carbocycles. The molecule has 0 aliphatic carbocycles. The fourth-order valence-electron chi connectivity index (χ4n) is 2.58. The Balaban J connectivity index is 1.55. The van der Waals surface area contributed by atoms with Crippen LogP contribution in [-0.4, -0.2) is 12.8 Å². The lowest BCUT2D eigenvalue weighted by atomic mass is 9.99. The van der Waals surface area contributed by atoms with Gasteiger partial charge in [-0.1, -0.05) is 41.4 Å². The third kappa shape index (κ3) is 3.82. The SMILES string of the molecule is Clc1ccc(OCCC2C=Nc3ccccc3CC2)c(Cl)c1. The molecule has 0 aromatic heterocycles. The summed E-state index contributed by atoms with van der Waals surface area (Å²) in [6.07, 6.45) is 5.13. The molecule has 0 fully saturated rings. The van der Waals surface area contributed by atoms with Crippen molar-refractivity contribution in [1.82, 2.24) is 0 Å². The molecule has 2 nitrogen and oxygen atoms in total. The number of fused-ring (bicyclic) bond motifs is 1. The van der Waals surface area contributed by atoms with Gasteiger partial charge in [-0.2, -0.15) is 0 Å². The Labute approximate surface area is 140 Å². The minimum Gasteiger partial charge on any atom is -0.492 e. The lowest BCUT2D eigenvalue weighted by Gasteiger charge is -2.12. The topological polar surface area (TPSA) is 21.6 Å². The largest absolute Gasteiger partial charge is 0.492 e. The molecular weight excluding hydrogens is 317 g/mol. The summed E-state index contributed by atoms with van der Waals surface area (Å²) in [5, 5.41) is 1.17. The summed E-state index contributed by atoms with van der Waals surface area (Å²) >= 11 is 12.0. The van der Waals surface area contributed by atoms with Gasteiger partial charge in [0.2, 0.25) is 0 Å². The highest BCUT2D eigenvalue weighted by Crippen LogP contribution is 2.29. The zero-order valence-electron chi connectivity index (χ0n) is 12.1. The first kappa shape index (κ1) is 15.4. The van der Waals surface area contributed by atoms with Gasteiger partial charge in [0.1, 0.15) is 5.75 Å². The molecule has 1 heterocycles. The van der Waals surface area contributed by atoms with E-state index in [2.05, 4.69) is 29.4 Å². The van der Waals surface area contributed by atoms with Crippen LogP contribution in [0.2, 0.25) is 10.0 Å². The second-order valence-electron chi connectivity index (χ2n) is 5.42. The molecule has 0 bridgehead atoms. The summed E-state index contributed by atoms with van der Waals surface area (Å²) in [5.74, 6) is 1.11. The Bertz CT molecular complexity index is 685. The predicted octanol–water partition coefficient (Wildman–Crippen LogP) is 5.73. The summed E-state index contributed by atoms with van der Waals surface area (Å²) in [4.78, 5) is 4.60. The van der Waals surface area contributed by atoms with E-state index < -0.39 is 0 Å². The highest BCUT2D eigenvalue weighted by Gasteiger charge is 2.13. The number of ether oxygens (including phenoxy) is 1. The van der Waals surface area contributed by atoms with E-state index in [4.69, 9.17) is 27.9 Å². The summed E-state index contributed by atoms with van der Waals surface area (Å²) in [6, 6.07) is 13.6. The van der Waals surface area contributed by atoms with Gasteiger partial charge in [-0.3, -0.25) is 4.99 Å². The number of hydrogen-bond acceptors (Lipinski definition) is 2. The van der Waals surface area contributed by atoms with Crippen LogP contribution in [0.15, 0.2) is 47.5 Å². The molecule has 1 aliphatic heterocycles. The molecule has 2 aromatic rings. The van der Waals surface area contributed by atoms with Gasteiger partial charge in [-0.25, -0.2) is 0 Å². The molecule has 114 valence electrons. The third-order valence-corrected chi connectivity index (χ3v) is 4.37. The van der Waals surface area contributed by atoms with E-state index >= 15 is 0 Å². The lowest BCUT2D eigenvalue weighted by molar-refractivity contribution is 0.294. The summed E-state index contributed by atoms with van der Waals surface area (Å²) in [7, 11) is 0. The van der Waals surface area contributed by atoms with Gasteiger partial charge in [0, 0.05) is 11.2 Å². The zero-order chi connectivity index (χ0) is 15.4. The second kappa shape index (κ2) is 7.17. The molecule has 0 saturated carbocycles. The van der Waals surface area contributed by atoms with Gasteiger partial charge in [0.25, 0.3) is 0 Å². The van der Waals surface area contributed by atoms with E-state index in [1.165, 1.54) is 5.56 Å². The van der Waals surface area contributed by atoms with Crippen molar-refractivity contribution in [3.8, 4) is 5.75 Å². The first-order valence-corrected chi connectivity index (χ1v) is 8.18. The molecule has 22 heavy (non-hydrogen) atoms. The lowest BCUT2D eigenvalue weighted by Crippen LogP contribution is -2.09. The standard InChI is InChI=1S/C18H17Cl2NO/c19-15-7-8-18(16(20)11-15)22-10-9-13-5-6-14-3-1-2-4-17(14)21-12-13/h1-4,7-8,11-13H,5-6,9-10H2. The summed E-state index contributed by atoms with van der Waals surface area (Å²) < 4.78 is 5.76. The van der Waals surface area contributed by atoms with Crippen LogP contribution in [0.25, 0.3) is 0 Å². The number of rotatable bonds is 4. The van der Waals surface area contributed by atoms with Crippen LogP contribution in [0.4, 0.5) is 5.69 Å². The molecule has 0 radical (unpaired) electrons. The average Bonchev–Trinajstić information content (AvgIpc) is 2.72. The van der Waals surface area contributed by atoms with E-state index in [1.54, 1.807) is 12.1 Å². The summed E-state index contributed by atoms with van der Waals surface area (Å²) in [6.45, 7) is 0.619. The van der Waals surface area contributed by atoms with Crippen molar-refractivity contribution in [1.29, 1.82) is 0 Å². The van der Waals surface area contributed by atoms with Crippen molar-refractivity contribution >= 4 is 35.1 Å². The monoisotopic (exact) mass is 333 g/mol. The number of aryl methyl sites for hydroxylation is 1. The van der Waals surface area contributed by atoms with Crippen molar-refractivity contribution in [2.24, 2.45) is 10.9 Å². The molecule has 1 atom stereocenters. The Kier molecular flexibility index (Phi) is 5.01. The normalized spacial score (nSPS) is 16.9. The maximum Gasteiger partial charge on any atom is 0.137 e. The minimum atomic E-state index is 0.429. The van der Waals surface area contributed by atoms with E-state index in [0.717, 1.165) is 24.9 Å². The van der Waals surface area contributed by atoms with E-state index in [1.807, 2.05) is 12.1 Å². The van der Waals surface area contributed by atoms with E-state index in [0.29, 0.717) is 28.3 Å². The molecule has 1 aliphatic rings. The summed E-state index contributed by atoms with van der Waals surface area (Å²) in [5.41, 5.74) is 2.41. The Hall–Kier alpha value is -1.51. The van der Waals surface area contributed by atoms with Crippen LogP contribution in [-0.2, 0) is 6.42 Å². The predicted molar refractivity (Wildman–Crippen MR) is 93.0 cm³/mol. The number of benzene rings is 2. The van der Waals surface area contributed by atoms with Crippen molar-refractivity contribution in [2.45, 2.75) is 19.3 Å². The van der Waals surface area contributed by atoms with Crippen molar-refractivity contribution < 1.29 is 4.74 Å². The van der Waals surface area contributed by atoms with Gasteiger partial charge in [-0.15, -0.1) is 0 Å². The van der Waals surface area contributed by atoms with Gasteiger partial charge >= 0.3 is 0 Å². The number of halogens is 2. The second-order valence-corrected chi connectivity index (χ2v) is 6.26. The third-order valence-electron chi connectivity index (χ3n) is 3.84. The fraction of sp³-hybridized carbons (Fsp3) is 0.278. The zero-order valence-corrected chi connectivity index (χ0v) is 13.6. The van der Waals surface area contributed by atoms with Crippen LogP contribution < -0.4 is 4.74 Å². The van der Waals surface area contributed by atoms with Gasteiger partial charge in [0.15, 0.2) is 0 Å². The van der Waals surface area contributed by atoms with Crippen LogP contribution in [0.3, 0.4) is 0 Å². The first-order valence-electron chi connectivity index (χ1n) is 7.42. The van der Waals surface area contributed by atoms with E-state index in [-0.39, 0.29) is 0 Å². The molecular formula is C18H17Cl2NO. The first-order chi connectivity index (χ1) is 10.7. The smallest absolute Gasteiger partial charge is 0.137 e. The number of para-hydroxylation sites is 1. The van der Waals surface area contributed by atoms with Gasteiger partial charge < -0.3 is 4.74 Å². The van der Waals surface area contributed by atoms with E-state index in [9.17, 15) is 0 Å². The Morgan fingerprint density at radius 2 is 2.00 bits per heavy atom. The van der Waals surface area contributed by atoms with Gasteiger partial charge in [-0.05, 0) is 55.0 Å². The molecule has 0 spiro atoms. The molecule has 0 amide bonds. The van der Waals surface area contributed by atoms with Crippen molar-refractivity contribution in [2.75, 3.05) is 6.61 Å². The molecule has 0 N–H and O–H groups in total. The maximum absolute atomic E-state index is 6.10. The number of aliphatic imine (C=N–C) groups is 1. The maximum atomic E-state index is 6.10. The fourth-order valence-corrected chi connectivity index (χ4v) is 3.04. The molecule has 3 rings (SSSR count). The van der Waals surface area contributed by atoms with Crippen LogP contribution >= 0.6 is 23.2 Å². The molecule has 4 heteroatoms. The van der Waals surface area contributed by atoms with Crippen LogP contribution in [0.1, 0.15) is 18.4 Å². The number of nitrogens with zero attached hydrogens (tertiary/aromatic N) is 1.